The highest BCUT2D eigenvalue weighted by molar-refractivity contribution is 6.30. The highest BCUT2D eigenvalue weighted by Crippen LogP contribution is 2.19. The summed E-state index contributed by atoms with van der Waals surface area (Å²) in [6, 6.07) is 7.53. The zero-order valence-corrected chi connectivity index (χ0v) is 19.0. The summed E-state index contributed by atoms with van der Waals surface area (Å²) in [5, 5.41) is 11.0. The van der Waals surface area contributed by atoms with Gasteiger partial charge in [0, 0.05) is 62.8 Å². The molecule has 0 spiro atoms. The molecular formula is C21H30ClN7O2. The molecule has 2 heterocycles. The minimum Gasteiger partial charge on any atom is -0.356 e. The molecule has 1 amide bonds. The van der Waals surface area contributed by atoms with Crippen LogP contribution < -0.4 is 10.6 Å². The van der Waals surface area contributed by atoms with Gasteiger partial charge in [-0.15, -0.1) is 0 Å². The number of piperazine rings is 1. The van der Waals surface area contributed by atoms with Gasteiger partial charge in [-0.05, 0) is 26.0 Å². The first kappa shape index (κ1) is 23.0. The maximum atomic E-state index is 11.9. The van der Waals surface area contributed by atoms with Crippen molar-refractivity contribution < 1.29 is 9.32 Å². The van der Waals surface area contributed by atoms with Crippen molar-refractivity contribution in [2.75, 3.05) is 46.3 Å². The third-order valence-electron chi connectivity index (χ3n) is 4.87. The SMILES string of the molecule is CN=C(NCCc1nc(-c2cccc(Cl)c2)no1)N1CCN(CC(=O)NC(C)C)CC1. The summed E-state index contributed by atoms with van der Waals surface area (Å²) in [4.78, 5) is 25.1. The van der Waals surface area contributed by atoms with Gasteiger partial charge in [-0.2, -0.15) is 4.98 Å². The molecule has 3 rings (SSSR count). The fourth-order valence-electron chi connectivity index (χ4n) is 3.40. The zero-order valence-electron chi connectivity index (χ0n) is 18.3. The van der Waals surface area contributed by atoms with Crippen molar-refractivity contribution in [3.63, 3.8) is 0 Å². The molecule has 0 radical (unpaired) electrons. The Kier molecular flexibility index (Phi) is 8.25. The zero-order chi connectivity index (χ0) is 22.2. The third-order valence-corrected chi connectivity index (χ3v) is 5.11. The van der Waals surface area contributed by atoms with Crippen LogP contribution in [-0.2, 0) is 11.2 Å². The van der Waals surface area contributed by atoms with Crippen molar-refractivity contribution >= 4 is 23.5 Å². The maximum absolute atomic E-state index is 11.9. The molecule has 1 aliphatic rings. The summed E-state index contributed by atoms with van der Waals surface area (Å²) in [7, 11) is 1.77. The predicted octanol–water partition coefficient (Wildman–Crippen LogP) is 1.65. The summed E-state index contributed by atoms with van der Waals surface area (Å²) < 4.78 is 5.36. The first-order chi connectivity index (χ1) is 14.9. The van der Waals surface area contributed by atoms with Crippen molar-refractivity contribution in [1.82, 2.24) is 30.6 Å². The first-order valence-electron chi connectivity index (χ1n) is 10.5. The lowest BCUT2D eigenvalue weighted by molar-refractivity contribution is -0.123. The molecule has 0 saturated carbocycles. The summed E-state index contributed by atoms with van der Waals surface area (Å²) in [5.74, 6) is 1.99. The highest BCUT2D eigenvalue weighted by atomic mass is 35.5. The van der Waals surface area contributed by atoms with Gasteiger partial charge < -0.3 is 20.1 Å². The fourth-order valence-corrected chi connectivity index (χ4v) is 3.59. The number of nitrogens with zero attached hydrogens (tertiary/aromatic N) is 5. The van der Waals surface area contributed by atoms with Crippen LogP contribution in [0.2, 0.25) is 5.02 Å². The maximum Gasteiger partial charge on any atom is 0.234 e. The summed E-state index contributed by atoms with van der Waals surface area (Å²) in [5.41, 5.74) is 0.825. The Morgan fingerprint density at radius 1 is 1.29 bits per heavy atom. The predicted molar refractivity (Wildman–Crippen MR) is 121 cm³/mol. The van der Waals surface area contributed by atoms with Gasteiger partial charge in [0.15, 0.2) is 5.96 Å². The topological polar surface area (TPSA) is 98.9 Å². The summed E-state index contributed by atoms with van der Waals surface area (Å²) in [6.07, 6.45) is 0.585. The molecule has 9 nitrogen and oxygen atoms in total. The number of nitrogens with one attached hydrogen (secondary N) is 2. The molecule has 2 aromatic rings. The smallest absolute Gasteiger partial charge is 0.234 e. The largest absolute Gasteiger partial charge is 0.356 e. The number of halogens is 1. The molecule has 31 heavy (non-hydrogen) atoms. The average Bonchev–Trinajstić information content (AvgIpc) is 3.20. The molecule has 10 heteroatoms. The van der Waals surface area contributed by atoms with E-state index in [1.165, 1.54) is 0 Å². The minimum atomic E-state index is 0.0719. The van der Waals surface area contributed by atoms with Crippen LogP contribution >= 0.6 is 11.6 Å². The number of hydrogen-bond donors (Lipinski definition) is 2. The van der Waals surface area contributed by atoms with Crippen LogP contribution in [-0.4, -0.2) is 84.2 Å². The lowest BCUT2D eigenvalue weighted by Gasteiger charge is -2.36. The molecule has 1 aromatic carbocycles. The molecular weight excluding hydrogens is 418 g/mol. The molecule has 1 saturated heterocycles. The second kappa shape index (κ2) is 11.1. The molecule has 0 bridgehead atoms. The van der Waals surface area contributed by atoms with Crippen LogP contribution in [0, 0.1) is 0 Å². The molecule has 2 N–H and O–H groups in total. The van der Waals surface area contributed by atoms with E-state index < -0.39 is 0 Å². The number of hydrogen-bond acceptors (Lipinski definition) is 6. The van der Waals surface area contributed by atoms with Crippen LogP contribution in [0.25, 0.3) is 11.4 Å². The van der Waals surface area contributed by atoms with Gasteiger partial charge in [0.05, 0.1) is 6.54 Å². The van der Waals surface area contributed by atoms with Crippen molar-refractivity contribution in [2.45, 2.75) is 26.3 Å². The van der Waals surface area contributed by atoms with Crippen molar-refractivity contribution in [1.29, 1.82) is 0 Å². The average molecular weight is 448 g/mol. The number of rotatable bonds is 7. The van der Waals surface area contributed by atoms with Crippen molar-refractivity contribution in [3.8, 4) is 11.4 Å². The van der Waals surface area contributed by atoms with Gasteiger partial charge in [0.25, 0.3) is 0 Å². The Morgan fingerprint density at radius 2 is 2.06 bits per heavy atom. The Labute approximate surface area is 187 Å². The molecule has 1 aliphatic heterocycles. The quantitative estimate of drug-likeness (QED) is 0.491. The van der Waals surface area contributed by atoms with E-state index in [-0.39, 0.29) is 11.9 Å². The number of carbonyl (C=O) groups is 1. The molecule has 0 unspecified atom stereocenters. The minimum absolute atomic E-state index is 0.0719. The van der Waals surface area contributed by atoms with Crippen LogP contribution in [0.5, 0.6) is 0 Å². The monoisotopic (exact) mass is 447 g/mol. The lowest BCUT2D eigenvalue weighted by atomic mass is 10.2. The summed E-state index contributed by atoms with van der Waals surface area (Å²) in [6.45, 7) is 8.26. The number of amides is 1. The van der Waals surface area contributed by atoms with Gasteiger partial charge in [-0.3, -0.25) is 14.7 Å². The van der Waals surface area contributed by atoms with E-state index in [4.69, 9.17) is 16.1 Å². The molecule has 168 valence electrons. The van der Waals surface area contributed by atoms with Gasteiger partial charge in [0.2, 0.25) is 17.6 Å². The van der Waals surface area contributed by atoms with Crippen LogP contribution in [0.1, 0.15) is 19.7 Å². The van der Waals surface area contributed by atoms with Crippen LogP contribution in [0.3, 0.4) is 0 Å². The van der Waals surface area contributed by atoms with E-state index in [1.54, 1.807) is 7.05 Å². The number of guanidine groups is 1. The van der Waals surface area contributed by atoms with Crippen molar-refractivity contribution in [3.05, 3.63) is 35.2 Å². The number of aromatic nitrogens is 2. The number of carbonyl (C=O) groups excluding carboxylic acids is 1. The van der Waals surface area contributed by atoms with E-state index in [0.29, 0.717) is 36.2 Å². The first-order valence-corrected chi connectivity index (χ1v) is 10.9. The Balaban J connectivity index is 1.43. The highest BCUT2D eigenvalue weighted by Gasteiger charge is 2.21. The van der Waals surface area contributed by atoms with E-state index in [1.807, 2.05) is 38.1 Å². The van der Waals surface area contributed by atoms with E-state index >= 15 is 0 Å². The van der Waals surface area contributed by atoms with Gasteiger partial charge >= 0.3 is 0 Å². The summed E-state index contributed by atoms with van der Waals surface area (Å²) >= 11 is 6.03. The van der Waals surface area contributed by atoms with E-state index in [2.05, 4.69) is 35.6 Å². The molecule has 0 atom stereocenters. The van der Waals surface area contributed by atoms with Crippen LogP contribution in [0.4, 0.5) is 0 Å². The Morgan fingerprint density at radius 3 is 2.74 bits per heavy atom. The Hall–Kier alpha value is -2.65. The molecule has 1 fully saturated rings. The lowest BCUT2D eigenvalue weighted by Crippen LogP contribution is -2.54. The van der Waals surface area contributed by atoms with Gasteiger partial charge in [-0.25, -0.2) is 0 Å². The van der Waals surface area contributed by atoms with E-state index in [9.17, 15) is 4.79 Å². The van der Waals surface area contributed by atoms with E-state index in [0.717, 1.165) is 37.7 Å². The number of aliphatic imine (C=N–C) groups is 1. The Bertz CT molecular complexity index is 891. The van der Waals surface area contributed by atoms with Crippen molar-refractivity contribution in [2.24, 2.45) is 4.99 Å². The molecule has 0 aliphatic carbocycles. The van der Waals surface area contributed by atoms with Gasteiger partial charge in [0.1, 0.15) is 0 Å². The fraction of sp³-hybridized carbons (Fsp3) is 0.524. The second-order valence-electron chi connectivity index (χ2n) is 7.73. The second-order valence-corrected chi connectivity index (χ2v) is 8.17. The standard InChI is InChI=1S/C21H30ClN7O2/c1-15(2)25-18(30)14-28-9-11-29(12-10-28)21(23-3)24-8-7-19-26-20(27-31-19)16-5-4-6-17(22)13-16/h4-6,13,15H,7-12,14H2,1-3H3,(H,23,24)(H,25,30). The van der Waals surface area contributed by atoms with Gasteiger partial charge in [-0.1, -0.05) is 28.9 Å². The third kappa shape index (κ3) is 6.93. The normalized spacial score (nSPS) is 15.4. The van der Waals surface area contributed by atoms with Crippen LogP contribution in [0.15, 0.2) is 33.8 Å². The molecule has 1 aromatic heterocycles. The number of benzene rings is 1.